The van der Waals surface area contributed by atoms with Gasteiger partial charge in [0.25, 0.3) is 5.91 Å². The Bertz CT molecular complexity index is 1040. The second-order valence-corrected chi connectivity index (χ2v) is 8.17. The van der Waals surface area contributed by atoms with Crippen molar-refractivity contribution in [2.45, 2.75) is 26.3 Å². The zero-order chi connectivity index (χ0) is 21.7. The van der Waals surface area contributed by atoms with Crippen LogP contribution in [0.1, 0.15) is 30.6 Å². The number of carbonyl (C=O) groups excluding carboxylic acids is 2. The molecule has 3 rings (SSSR count). The first kappa shape index (κ1) is 21.9. The van der Waals surface area contributed by atoms with Gasteiger partial charge in [-0.15, -0.1) is 10.2 Å². The number of hydrogen-bond acceptors (Lipinski definition) is 5. The van der Waals surface area contributed by atoms with Gasteiger partial charge in [-0.2, -0.15) is 0 Å². The summed E-state index contributed by atoms with van der Waals surface area (Å²) in [5, 5.41) is 15.1. The van der Waals surface area contributed by atoms with Gasteiger partial charge in [0.1, 0.15) is 16.9 Å². The third-order valence-electron chi connectivity index (χ3n) is 4.62. The van der Waals surface area contributed by atoms with Gasteiger partial charge in [-0.3, -0.25) is 14.9 Å². The smallest absolute Gasteiger partial charge is 0.252 e. The molecule has 2 aromatic carbocycles. The molecule has 0 radical (unpaired) electrons. The van der Waals surface area contributed by atoms with E-state index in [9.17, 15) is 14.0 Å². The fraction of sp³-hybridized carbons (Fsp3) is 0.238. The molecule has 0 spiro atoms. The van der Waals surface area contributed by atoms with Gasteiger partial charge < -0.3 is 5.32 Å². The van der Waals surface area contributed by atoms with Crippen molar-refractivity contribution < 1.29 is 14.0 Å². The van der Waals surface area contributed by atoms with Gasteiger partial charge in [0.05, 0.1) is 0 Å². The van der Waals surface area contributed by atoms with Crippen LogP contribution in [0.5, 0.6) is 0 Å². The molecule has 9 heteroatoms. The normalized spacial score (nSPS) is 12.8. The quantitative estimate of drug-likeness (QED) is 0.547. The van der Waals surface area contributed by atoms with Crippen molar-refractivity contribution in [2.75, 3.05) is 5.32 Å². The molecule has 30 heavy (non-hydrogen) atoms. The minimum Gasteiger partial charge on any atom is -0.340 e. The molecular formula is C21H20ClFN4O2S. The van der Waals surface area contributed by atoms with E-state index in [0.717, 1.165) is 11.6 Å². The average Bonchev–Trinajstić information content (AvgIpc) is 3.20. The number of aromatic nitrogens is 2. The average molecular weight is 447 g/mol. The Labute approximate surface area is 182 Å². The van der Waals surface area contributed by atoms with Crippen molar-refractivity contribution in [2.24, 2.45) is 5.92 Å². The molecule has 0 fully saturated rings. The number of nitrogens with zero attached hydrogens (tertiary/aromatic N) is 2. The maximum Gasteiger partial charge on any atom is 0.252 e. The lowest BCUT2D eigenvalue weighted by atomic mass is 9.98. The van der Waals surface area contributed by atoms with Crippen LogP contribution in [0.3, 0.4) is 0 Å². The van der Waals surface area contributed by atoms with E-state index in [4.69, 9.17) is 11.6 Å². The molecule has 0 bridgehead atoms. The lowest BCUT2D eigenvalue weighted by molar-refractivity contribution is -0.119. The highest BCUT2D eigenvalue weighted by molar-refractivity contribution is 7.18. The van der Waals surface area contributed by atoms with Gasteiger partial charge >= 0.3 is 0 Å². The van der Waals surface area contributed by atoms with Crippen molar-refractivity contribution >= 4 is 39.9 Å². The predicted octanol–water partition coefficient (Wildman–Crippen LogP) is 4.78. The zero-order valence-electron chi connectivity index (χ0n) is 16.4. The predicted molar refractivity (Wildman–Crippen MR) is 116 cm³/mol. The molecule has 1 heterocycles. The van der Waals surface area contributed by atoms with Gasteiger partial charge in [0, 0.05) is 16.1 Å². The summed E-state index contributed by atoms with van der Waals surface area (Å²) in [6.45, 7) is 3.78. The molecule has 0 saturated carbocycles. The summed E-state index contributed by atoms with van der Waals surface area (Å²) in [4.78, 5) is 25.4. The molecule has 0 aliphatic carbocycles. The first-order valence-electron chi connectivity index (χ1n) is 9.34. The SMILES string of the molecule is CCC(C)C(NC(=O)c1cccc(F)c1)C(=O)Nc1nnc(-c2ccc(Cl)cc2)s1. The summed E-state index contributed by atoms with van der Waals surface area (Å²) in [6, 6.07) is 11.6. The third kappa shape index (κ3) is 5.40. The van der Waals surface area contributed by atoms with Crippen LogP contribution in [0.2, 0.25) is 5.02 Å². The zero-order valence-corrected chi connectivity index (χ0v) is 17.9. The number of nitrogens with one attached hydrogen (secondary N) is 2. The number of halogens is 2. The molecule has 3 aromatic rings. The van der Waals surface area contributed by atoms with E-state index < -0.39 is 23.7 Å². The van der Waals surface area contributed by atoms with Gasteiger partial charge in [-0.05, 0) is 36.2 Å². The third-order valence-corrected chi connectivity index (χ3v) is 5.75. The van der Waals surface area contributed by atoms with Crippen LogP contribution in [-0.2, 0) is 4.79 Å². The van der Waals surface area contributed by atoms with Crippen LogP contribution in [0.4, 0.5) is 9.52 Å². The summed E-state index contributed by atoms with van der Waals surface area (Å²) in [5.74, 6) is -1.59. The Hall–Kier alpha value is -2.84. The molecule has 0 aliphatic heterocycles. The molecule has 0 saturated heterocycles. The number of rotatable bonds is 7. The lowest BCUT2D eigenvalue weighted by Crippen LogP contribution is -2.47. The number of carbonyl (C=O) groups is 2. The van der Waals surface area contributed by atoms with Crippen LogP contribution in [-0.4, -0.2) is 28.1 Å². The minimum atomic E-state index is -0.811. The Balaban J connectivity index is 1.73. The summed E-state index contributed by atoms with van der Waals surface area (Å²) in [6.07, 6.45) is 0.660. The lowest BCUT2D eigenvalue weighted by Gasteiger charge is -2.23. The number of benzene rings is 2. The fourth-order valence-corrected chi connectivity index (χ4v) is 3.60. The number of amides is 2. The maximum atomic E-state index is 13.4. The van der Waals surface area contributed by atoms with Crippen LogP contribution in [0.25, 0.3) is 10.6 Å². The van der Waals surface area contributed by atoms with Crippen molar-refractivity contribution in [3.8, 4) is 10.6 Å². The van der Waals surface area contributed by atoms with E-state index in [0.29, 0.717) is 21.6 Å². The van der Waals surface area contributed by atoms with E-state index in [1.807, 2.05) is 26.0 Å². The van der Waals surface area contributed by atoms with Crippen molar-refractivity contribution in [1.82, 2.24) is 15.5 Å². The Morgan fingerprint density at radius 1 is 1.17 bits per heavy atom. The van der Waals surface area contributed by atoms with E-state index in [1.165, 1.54) is 29.5 Å². The summed E-state index contributed by atoms with van der Waals surface area (Å²) in [7, 11) is 0. The summed E-state index contributed by atoms with van der Waals surface area (Å²) < 4.78 is 13.4. The largest absolute Gasteiger partial charge is 0.340 e. The first-order chi connectivity index (χ1) is 14.4. The molecule has 2 N–H and O–H groups in total. The van der Waals surface area contributed by atoms with E-state index >= 15 is 0 Å². The molecule has 2 amide bonds. The van der Waals surface area contributed by atoms with Crippen LogP contribution >= 0.6 is 22.9 Å². The highest BCUT2D eigenvalue weighted by Crippen LogP contribution is 2.27. The van der Waals surface area contributed by atoms with E-state index in [-0.39, 0.29) is 11.5 Å². The molecular weight excluding hydrogens is 427 g/mol. The topological polar surface area (TPSA) is 84.0 Å². The van der Waals surface area contributed by atoms with Gasteiger partial charge in [-0.25, -0.2) is 4.39 Å². The van der Waals surface area contributed by atoms with Gasteiger partial charge in [0.15, 0.2) is 0 Å². The van der Waals surface area contributed by atoms with Crippen molar-refractivity contribution in [3.63, 3.8) is 0 Å². The first-order valence-corrected chi connectivity index (χ1v) is 10.5. The van der Waals surface area contributed by atoms with Crippen LogP contribution in [0.15, 0.2) is 48.5 Å². The number of hydrogen-bond donors (Lipinski definition) is 2. The van der Waals surface area contributed by atoms with Crippen LogP contribution < -0.4 is 10.6 Å². The molecule has 1 aromatic heterocycles. The molecule has 0 aliphatic rings. The maximum absolute atomic E-state index is 13.4. The van der Waals surface area contributed by atoms with Gasteiger partial charge in [-0.1, -0.05) is 61.4 Å². The monoisotopic (exact) mass is 446 g/mol. The van der Waals surface area contributed by atoms with Crippen molar-refractivity contribution in [3.05, 3.63) is 64.9 Å². The second kappa shape index (κ2) is 9.77. The Morgan fingerprint density at radius 2 is 1.90 bits per heavy atom. The molecule has 156 valence electrons. The Morgan fingerprint density at radius 3 is 2.57 bits per heavy atom. The van der Waals surface area contributed by atoms with E-state index in [1.54, 1.807) is 12.1 Å². The summed E-state index contributed by atoms with van der Waals surface area (Å²) >= 11 is 7.12. The Kier molecular flexibility index (Phi) is 7.12. The van der Waals surface area contributed by atoms with Crippen molar-refractivity contribution in [1.29, 1.82) is 0 Å². The van der Waals surface area contributed by atoms with Gasteiger partial charge in [0.2, 0.25) is 11.0 Å². The standard InChI is InChI=1S/C21H20ClFN4O2S/c1-3-12(2)17(24-18(28)14-5-4-6-16(23)11-14)19(29)25-21-27-26-20(30-21)13-7-9-15(22)10-8-13/h4-12,17H,3H2,1-2H3,(H,24,28)(H,25,27,29). The fourth-order valence-electron chi connectivity index (χ4n) is 2.72. The highest BCUT2D eigenvalue weighted by atomic mass is 35.5. The number of anilines is 1. The minimum absolute atomic E-state index is 0.147. The summed E-state index contributed by atoms with van der Waals surface area (Å²) in [5.41, 5.74) is 0.979. The van der Waals surface area contributed by atoms with Crippen LogP contribution in [0, 0.1) is 11.7 Å². The molecule has 6 nitrogen and oxygen atoms in total. The molecule has 2 atom stereocenters. The second-order valence-electron chi connectivity index (χ2n) is 6.76. The highest BCUT2D eigenvalue weighted by Gasteiger charge is 2.27. The molecule has 2 unspecified atom stereocenters. The van der Waals surface area contributed by atoms with E-state index in [2.05, 4.69) is 20.8 Å².